The van der Waals surface area contributed by atoms with Gasteiger partial charge in [0.05, 0.1) is 13.2 Å². The molecule has 0 N–H and O–H groups in total. The molecule has 30 heavy (non-hydrogen) atoms. The van der Waals surface area contributed by atoms with Gasteiger partial charge in [-0.1, -0.05) is 103 Å². The van der Waals surface area contributed by atoms with Gasteiger partial charge >= 0.3 is 11.9 Å². The molecule has 0 aromatic carbocycles. The summed E-state index contributed by atoms with van der Waals surface area (Å²) in [5.41, 5.74) is -1.13. The fourth-order valence-corrected chi connectivity index (χ4v) is 4.01. The average molecular weight is 423 g/mol. The summed E-state index contributed by atoms with van der Waals surface area (Å²) < 4.78 is 11.1. The lowest BCUT2D eigenvalue weighted by Gasteiger charge is -2.30. The van der Waals surface area contributed by atoms with Crippen molar-refractivity contribution < 1.29 is 19.1 Å². The number of unbranched alkanes of at least 4 members (excludes halogenated alkanes) is 12. The number of rotatable bonds is 18. The second-order valence-corrected chi connectivity index (χ2v) is 8.81. The van der Waals surface area contributed by atoms with Crippen LogP contribution in [0.25, 0.3) is 0 Å². The molecule has 0 aliphatic heterocycles. The lowest BCUT2D eigenvalue weighted by atomic mass is 9.77. The summed E-state index contributed by atoms with van der Waals surface area (Å²) in [7, 11) is 0. The van der Waals surface area contributed by atoms with Gasteiger partial charge in [-0.05, 0) is 32.1 Å². The van der Waals surface area contributed by atoms with E-state index in [1.165, 1.54) is 64.2 Å². The summed E-state index contributed by atoms with van der Waals surface area (Å²) in [4.78, 5) is 25.6. The molecule has 0 unspecified atom stereocenters. The second kappa shape index (κ2) is 17.4. The Morgan fingerprint density at radius 1 is 0.667 bits per heavy atom. The Hall–Kier alpha value is -1.32. The number of hydrogen-bond donors (Lipinski definition) is 0. The monoisotopic (exact) mass is 422 g/mol. The molecule has 1 aliphatic carbocycles. The molecule has 0 saturated carbocycles. The summed E-state index contributed by atoms with van der Waals surface area (Å²) in [6, 6.07) is 0. The fourth-order valence-electron chi connectivity index (χ4n) is 4.01. The van der Waals surface area contributed by atoms with Crippen LogP contribution >= 0.6 is 0 Å². The normalized spacial score (nSPS) is 15.1. The first-order valence-electron chi connectivity index (χ1n) is 12.7. The van der Waals surface area contributed by atoms with E-state index in [1.807, 2.05) is 12.2 Å². The molecular weight excluding hydrogens is 376 g/mol. The van der Waals surface area contributed by atoms with E-state index in [9.17, 15) is 9.59 Å². The van der Waals surface area contributed by atoms with E-state index in [2.05, 4.69) is 13.8 Å². The van der Waals surface area contributed by atoms with Crippen molar-refractivity contribution in [2.75, 3.05) is 13.2 Å². The number of allylic oxidation sites excluding steroid dienone is 2. The van der Waals surface area contributed by atoms with Crippen LogP contribution in [0, 0.1) is 5.41 Å². The molecule has 1 aliphatic rings. The van der Waals surface area contributed by atoms with Crippen LogP contribution in [-0.4, -0.2) is 25.2 Å². The number of esters is 2. The molecule has 0 spiro atoms. The van der Waals surface area contributed by atoms with Gasteiger partial charge in [-0.25, -0.2) is 0 Å². The summed E-state index contributed by atoms with van der Waals surface area (Å²) in [6.45, 7) is 5.25. The van der Waals surface area contributed by atoms with Gasteiger partial charge in [-0.2, -0.15) is 0 Å². The van der Waals surface area contributed by atoms with Gasteiger partial charge in [0.25, 0.3) is 0 Å². The Bertz CT molecular complexity index is 451. The Labute approximate surface area is 185 Å². The maximum absolute atomic E-state index is 12.8. The quantitative estimate of drug-likeness (QED) is 0.101. The standard InChI is InChI=1S/C26H46O4/c1-3-5-7-9-11-13-18-22-29-24(27)26(20-16-15-17-21-26)25(28)30-23-19-14-12-10-8-6-4-2/h15-16H,3-14,17-23H2,1-2H3. The van der Waals surface area contributed by atoms with Gasteiger partial charge in [-0.15, -0.1) is 0 Å². The van der Waals surface area contributed by atoms with Crippen molar-refractivity contribution in [3.63, 3.8) is 0 Å². The minimum absolute atomic E-state index is 0.387. The van der Waals surface area contributed by atoms with E-state index < -0.39 is 5.41 Å². The molecule has 0 aromatic heterocycles. The van der Waals surface area contributed by atoms with Crippen molar-refractivity contribution >= 4 is 11.9 Å². The maximum Gasteiger partial charge on any atom is 0.323 e. The zero-order chi connectivity index (χ0) is 21.9. The van der Waals surface area contributed by atoms with Gasteiger partial charge in [0.15, 0.2) is 5.41 Å². The van der Waals surface area contributed by atoms with Gasteiger partial charge in [0.2, 0.25) is 0 Å². The van der Waals surface area contributed by atoms with Crippen molar-refractivity contribution in [3.05, 3.63) is 12.2 Å². The van der Waals surface area contributed by atoms with E-state index in [0.29, 0.717) is 26.1 Å². The van der Waals surface area contributed by atoms with Crippen LogP contribution in [0.4, 0.5) is 0 Å². The molecule has 0 atom stereocenters. The third kappa shape index (κ3) is 10.6. The Morgan fingerprint density at radius 3 is 1.50 bits per heavy atom. The fraction of sp³-hybridized carbons (Fsp3) is 0.846. The van der Waals surface area contributed by atoms with Gasteiger partial charge in [0, 0.05) is 0 Å². The molecular formula is C26H46O4. The zero-order valence-electron chi connectivity index (χ0n) is 19.7. The molecule has 0 radical (unpaired) electrons. The van der Waals surface area contributed by atoms with Gasteiger partial charge < -0.3 is 9.47 Å². The smallest absolute Gasteiger partial charge is 0.323 e. The highest BCUT2D eigenvalue weighted by Crippen LogP contribution is 2.36. The molecule has 4 heteroatoms. The third-order valence-corrected chi connectivity index (χ3v) is 6.11. The molecule has 0 fully saturated rings. The predicted molar refractivity (Wildman–Crippen MR) is 123 cm³/mol. The van der Waals surface area contributed by atoms with E-state index in [1.54, 1.807) is 0 Å². The van der Waals surface area contributed by atoms with E-state index in [0.717, 1.165) is 32.1 Å². The summed E-state index contributed by atoms with van der Waals surface area (Å²) in [6.07, 6.45) is 22.0. The third-order valence-electron chi connectivity index (χ3n) is 6.11. The lowest BCUT2D eigenvalue weighted by Crippen LogP contribution is -2.43. The van der Waals surface area contributed by atoms with Gasteiger partial charge in [0.1, 0.15) is 0 Å². The number of hydrogen-bond acceptors (Lipinski definition) is 4. The van der Waals surface area contributed by atoms with Crippen molar-refractivity contribution in [2.45, 2.75) is 123 Å². The highest BCUT2D eigenvalue weighted by atomic mass is 16.6. The topological polar surface area (TPSA) is 52.6 Å². The van der Waals surface area contributed by atoms with Crippen molar-refractivity contribution in [2.24, 2.45) is 5.41 Å². The SMILES string of the molecule is CCCCCCCCCOC(=O)C1(C(=O)OCCCCCCCCC)CC=CCC1. The maximum atomic E-state index is 12.8. The van der Waals surface area contributed by atoms with Crippen LogP contribution < -0.4 is 0 Å². The van der Waals surface area contributed by atoms with E-state index >= 15 is 0 Å². The van der Waals surface area contributed by atoms with E-state index in [-0.39, 0.29) is 11.9 Å². The minimum Gasteiger partial charge on any atom is -0.465 e. The lowest BCUT2D eigenvalue weighted by molar-refractivity contribution is -0.173. The highest BCUT2D eigenvalue weighted by molar-refractivity contribution is 6.00. The Kier molecular flexibility index (Phi) is 15.5. The van der Waals surface area contributed by atoms with Crippen LogP contribution in [0.3, 0.4) is 0 Å². The number of carbonyl (C=O) groups is 2. The minimum atomic E-state index is -1.13. The molecule has 0 bridgehead atoms. The van der Waals surface area contributed by atoms with Crippen LogP contribution in [0.15, 0.2) is 12.2 Å². The largest absolute Gasteiger partial charge is 0.465 e. The molecule has 0 heterocycles. The first kappa shape index (κ1) is 26.7. The predicted octanol–water partition coefficient (Wildman–Crippen LogP) is 7.30. The molecule has 174 valence electrons. The van der Waals surface area contributed by atoms with Crippen molar-refractivity contribution in [1.82, 2.24) is 0 Å². The van der Waals surface area contributed by atoms with Crippen LogP contribution in [0.5, 0.6) is 0 Å². The van der Waals surface area contributed by atoms with Crippen molar-refractivity contribution in [3.8, 4) is 0 Å². The summed E-state index contributed by atoms with van der Waals surface area (Å²) >= 11 is 0. The Morgan fingerprint density at radius 2 is 1.10 bits per heavy atom. The van der Waals surface area contributed by atoms with Crippen molar-refractivity contribution in [1.29, 1.82) is 0 Å². The molecule has 0 amide bonds. The van der Waals surface area contributed by atoms with Crippen LogP contribution in [0.1, 0.15) is 123 Å². The first-order valence-corrected chi connectivity index (χ1v) is 12.7. The summed E-state index contributed by atoms with van der Waals surface area (Å²) in [5.74, 6) is -0.773. The molecule has 0 saturated heterocycles. The van der Waals surface area contributed by atoms with Gasteiger partial charge in [-0.3, -0.25) is 9.59 Å². The zero-order valence-corrected chi connectivity index (χ0v) is 19.7. The summed E-state index contributed by atoms with van der Waals surface area (Å²) in [5, 5.41) is 0. The van der Waals surface area contributed by atoms with Crippen LogP contribution in [-0.2, 0) is 19.1 Å². The first-order chi connectivity index (χ1) is 14.7. The molecule has 1 rings (SSSR count). The highest BCUT2D eigenvalue weighted by Gasteiger charge is 2.48. The van der Waals surface area contributed by atoms with Crippen LogP contribution in [0.2, 0.25) is 0 Å². The molecule has 0 aromatic rings. The molecule has 4 nitrogen and oxygen atoms in total. The Balaban J connectivity index is 2.31. The average Bonchev–Trinajstić information content (AvgIpc) is 2.77. The van der Waals surface area contributed by atoms with E-state index in [4.69, 9.17) is 9.47 Å². The number of carbonyl (C=O) groups excluding carboxylic acids is 2. The number of ether oxygens (including phenoxy) is 2. The second-order valence-electron chi connectivity index (χ2n) is 8.81.